The van der Waals surface area contributed by atoms with Gasteiger partial charge in [0.2, 0.25) is 0 Å². The van der Waals surface area contributed by atoms with Gasteiger partial charge in [-0.3, -0.25) is 0 Å². The Kier molecular flexibility index (Phi) is 4.26. The van der Waals surface area contributed by atoms with Gasteiger partial charge in [0.1, 0.15) is 5.82 Å². The fourth-order valence-electron chi connectivity index (χ4n) is 1.80. The number of rotatable bonds is 5. The fraction of sp³-hybridized carbons (Fsp3) is 0.357. The van der Waals surface area contributed by atoms with Crippen LogP contribution in [-0.4, -0.2) is 22.5 Å². The summed E-state index contributed by atoms with van der Waals surface area (Å²) in [5, 5.41) is 5.92. The third kappa shape index (κ3) is 3.13. The van der Waals surface area contributed by atoms with Crippen molar-refractivity contribution in [3.8, 4) is 0 Å². The van der Waals surface area contributed by atoms with E-state index in [4.69, 9.17) is 0 Å². The highest BCUT2D eigenvalue weighted by atomic mass is 32.2. The van der Waals surface area contributed by atoms with Gasteiger partial charge in [-0.25, -0.2) is 4.98 Å². The lowest BCUT2D eigenvalue weighted by atomic mass is 10.1. The molecule has 1 aromatic carbocycles. The maximum atomic E-state index is 4.43. The Morgan fingerprint density at radius 3 is 2.94 bits per heavy atom. The van der Waals surface area contributed by atoms with Crippen LogP contribution in [0.15, 0.2) is 36.5 Å². The lowest BCUT2D eigenvalue weighted by Crippen LogP contribution is -2.19. The summed E-state index contributed by atoms with van der Waals surface area (Å²) in [6, 6.07) is 10.8. The van der Waals surface area contributed by atoms with Crippen LogP contribution in [-0.2, 0) is 0 Å². The van der Waals surface area contributed by atoms with Crippen molar-refractivity contribution >= 4 is 28.4 Å². The Morgan fingerprint density at radius 1 is 1.29 bits per heavy atom. The van der Waals surface area contributed by atoms with Gasteiger partial charge in [0.15, 0.2) is 0 Å². The quantitative estimate of drug-likeness (QED) is 0.869. The molecule has 0 saturated heterocycles. The average Bonchev–Trinajstić information content (AvgIpc) is 2.37. The number of hydrogen-bond donors (Lipinski definition) is 1. The fourth-order valence-corrected chi connectivity index (χ4v) is 2.48. The second-order valence-electron chi connectivity index (χ2n) is 4.09. The zero-order valence-corrected chi connectivity index (χ0v) is 11.1. The molecule has 2 aromatic rings. The first-order valence-electron chi connectivity index (χ1n) is 5.99. The van der Waals surface area contributed by atoms with Crippen molar-refractivity contribution in [3.63, 3.8) is 0 Å². The molecule has 90 valence electrons. The first-order chi connectivity index (χ1) is 8.31. The van der Waals surface area contributed by atoms with E-state index in [1.54, 1.807) is 0 Å². The summed E-state index contributed by atoms with van der Waals surface area (Å²) in [4.78, 5) is 4.43. The molecule has 0 aliphatic carbocycles. The van der Waals surface area contributed by atoms with E-state index >= 15 is 0 Å². The minimum Gasteiger partial charge on any atom is -0.366 e. The third-order valence-electron chi connectivity index (χ3n) is 2.63. The third-order valence-corrected chi connectivity index (χ3v) is 3.77. The van der Waals surface area contributed by atoms with Crippen LogP contribution in [0.4, 0.5) is 5.82 Å². The summed E-state index contributed by atoms with van der Waals surface area (Å²) < 4.78 is 0. The first-order valence-corrected chi connectivity index (χ1v) is 7.14. The van der Waals surface area contributed by atoms with E-state index in [1.165, 1.54) is 10.8 Å². The molecular formula is C14H18N2S. The molecule has 1 aromatic heterocycles. The minimum atomic E-state index is 0.443. The predicted molar refractivity (Wildman–Crippen MR) is 77.8 cm³/mol. The van der Waals surface area contributed by atoms with E-state index < -0.39 is 0 Å². The number of fused-ring (bicyclic) bond motifs is 1. The normalized spacial score (nSPS) is 12.6. The molecule has 0 bridgehead atoms. The smallest absolute Gasteiger partial charge is 0.134 e. The van der Waals surface area contributed by atoms with E-state index in [0.717, 1.165) is 17.3 Å². The molecule has 1 heterocycles. The molecule has 3 heteroatoms. The molecule has 0 aliphatic heterocycles. The van der Waals surface area contributed by atoms with Gasteiger partial charge in [0.05, 0.1) is 0 Å². The summed E-state index contributed by atoms with van der Waals surface area (Å²) in [6.07, 6.45) is 1.87. The molecule has 1 atom stereocenters. The first kappa shape index (κ1) is 12.2. The van der Waals surface area contributed by atoms with E-state index in [0.29, 0.717) is 6.04 Å². The Bertz CT molecular complexity index is 479. The number of anilines is 1. The second kappa shape index (κ2) is 5.92. The van der Waals surface area contributed by atoms with Crippen LogP contribution in [0.5, 0.6) is 0 Å². The SMILES string of the molecule is CCSCC(C)Nc1nccc2ccccc12. The monoisotopic (exact) mass is 246 g/mol. The second-order valence-corrected chi connectivity index (χ2v) is 5.40. The van der Waals surface area contributed by atoms with E-state index in [2.05, 4.69) is 48.4 Å². The Morgan fingerprint density at radius 2 is 2.12 bits per heavy atom. The van der Waals surface area contributed by atoms with E-state index in [-0.39, 0.29) is 0 Å². The molecule has 2 nitrogen and oxygen atoms in total. The molecular weight excluding hydrogens is 228 g/mol. The number of nitrogens with zero attached hydrogens (tertiary/aromatic N) is 1. The predicted octanol–water partition coefficient (Wildman–Crippen LogP) is 3.79. The summed E-state index contributed by atoms with van der Waals surface area (Å²) in [6.45, 7) is 4.39. The lowest BCUT2D eigenvalue weighted by Gasteiger charge is -2.15. The molecule has 2 rings (SSSR count). The summed E-state index contributed by atoms with van der Waals surface area (Å²) in [5.41, 5.74) is 0. The van der Waals surface area contributed by atoms with Crippen molar-refractivity contribution in [2.75, 3.05) is 16.8 Å². The van der Waals surface area contributed by atoms with Crippen LogP contribution in [0.25, 0.3) is 10.8 Å². The maximum Gasteiger partial charge on any atom is 0.134 e. The molecule has 0 aliphatic rings. The molecule has 0 saturated carbocycles. The number of hydrogen-bond acceptors (Lipinski definition) is 3. The summed E-state index contributed by atoms with van der Waals surface area (Å²) >= 11 is 1.95. The van der Waals surface area contributed by atoms with Gasteiger partial charge in [-0.15, -0.1) is 0 Å². The van der Waals surface area contributed by atoms with Crippen LogP contribution < -0.4 is 5.32 Å². The van der Waals surface area contributed by atoms with Crippen LogP contribution in [0, 0.1) is 0 Å². The highest BCUT2D eigenvalue weighted by Gasteiger charge is 2.05. The molecule has 0 spiro atoms. The number of thioether (sulfide) groups is 1. The average molecular weight is 246 g/mol. The summed E-state index contributed by atoms with van der Waals surface area (Å²) in [7, 11) is 0. The Labute approximate surface area is 107 Å². The van der Waals surface area contributed by atoms with Crippen LogP contribution >= 0.6 is 11.8 Å². The number of pyridine rings is 1. The molecule has 0 fully saturated rings. The largest absolute Gasteiger partial charge is 0.366 e. The zero-order valence-electron chi connectivity index (χ0n) is 10.3. The van der Waals surface area contributed by atoms with Crippen molar-refractivity contribution in [2.24, 2.45) is 0 Å². The topological polar surface area (TPSA) is 24.9 Å². The van der Waals surface area contributed by atoms with Crippen molar-refractivity contribution in [1.29, 1.82) is 0 Å². The Balaban J connectivity index is 2.18. The van der Waals surface area contributed by atoms with E-state index in [1.807, 2.05) is 24.0 Å². The van der Waals surface area contributed by atoms with Crippen molar-refractivity contribution in [2.45, 2.75) is 19.9 Å². The number of nitrogens with one attached hydrogen (secondary N) is 1. The van der Waals surface area contributed by atoms with Gasteiger partial charge < -0.3 is 5.32 Å². The van der Waals surface area contributed by atoms with Crippen molar-refractivity contribution in [1.82, 2.24) is 4.98 Å². The Hall–Kier alpha value is -1.22. The van der Waals surface area contributed by atoms with Crippen molar-refractivity contribution < 1.29 is 0 Å². The van der Waals surface area contributed by atoms with Gasteiger partial charge in [0, 0.05) is 23.4 Å². The van der Waals surface area contributed by atoms with Crippen LogP contribution in [0.2, 0.25) is 0 Å². The van der Waals surface area contributed by atoms with Crippen LogP contribution in [0.1, 0.15) is 13.8 Å². The summed E-state index contributed by atoms with van der Waals surface area (Å²) in [5.74, 6) is 3.27. The number of aromatic nitrogens is 1. The maximum absolute atomic E-state index is 4.43. The molecule has 1 unspecified atom stereocenters. The van der Waals surface area contributed by atoms with Gasteiger partial charge in [0.25, 0.3) is 0 Å². The highest BCUT2D eigenvalue weighted by Crippen LogP contribution is 2.21. The highest BCUT2D eigenvalue weighted by molar-refractivity contribution is 7.99. The molecule has 0 amide bonds. The molecule has 0 radical (unpaired) electrons. The van der Waals surface area contributed by atoms with Gasteiger partial charge >= 0.3 is 0 Å². The van der Waals surface area contributed by atoms with Gasteiger partial charge in [-0.05, 0) is 24.1 Å². The van der Waals surface area contributed by atoms with Gasteiger partial charge in [-0.2, -0.15) is 11.8 Å². The van der Waals surface area contributed by atoms with Gasteiger partial charge in [-0.1, -0.05) is 31.2 Å². The molecule has 17 heavy (non-hydrogen) atoms. The lowest BCUT2D eigenvalue weighted by molar-refractivity contribution is 0.905. The standard InChI is InChI=1S/C14H18N2S/c1-3-17-10-11(2)16-14-13-7-5-4-6-12(13)8-9-15-14/h4-9,11H,3,10H2,1-2H3,(H,15,16). The van der Waals surface area contributed by atoms with E-state index in [9.17, 15) is 0 Å². The minimum absolute atomic E-state index is 0.443. The van der Waals surface area contributed by atoms with Crippen molar-refractivity contribution in [3.05, 3.63) is 36.5 Å². The van der Waals surface area contributed by atoms with Crippen LogP contribution in [0.3, 0.4) is 0 Å². The molecule has 1 N–H and O–H groups in total. The number of benzene rings is 1. The zero-order chi connectivity index (χ0) is 12.1.